The predicted octanol–water partition coefficient (Wildman–Crippen LogP) is 4.81. The molecule has 170 valence electrons. The van der Waals surface area contributed by atoms with Crippen LogP contribution in [0, 0.1) is 0 Å². The van der Waals surface area contributed by atoms with Crippen LogP contribution in [0.3, 0.4) is 0 Å². The Morgan fingerprint density at radius 2 is 1.58 bits per heavy atom. The number of para-hydroxylation sites is 1. The number of rotatable bonds is 6. The Kier molecular flexibility index (Phi) is 7.12. The van der Waals surface area contributed by atoms with Gasteiger partial charge in [0.25, 0.3) is 11.8 Å². The second-order valence-electron chi connectivity index (χ2n) is 6.96. The second kappa shape index (κ2) is 9.99. The highest BCUT2D eigenvalue weighted by molar-refractivity contribution is 6.05. The number of halogens is 3. The lowest BCUT2D eigenvalue weighted by Crippen LogP contribution is -2.26. The summed E-state index contributed by atoms with van der Waals surface area (Å²) in [5.74, 6) is -1.71. The van der Waals surface area contributed by atoms with Crippen molar-refractivity contribution in [1.82, 2.24) is 5.32 Å². The zero-order chi connectivity index (χ0) is 24.0. The van der Waals surface area contributed by atoms with Crippen LogP contribution in [0.5, 0.6) is 5.75 Å². The summed E-state index contributed by atoms with van der Waals surface area (Å²) in [6.45, 7) is 1.12. The van der Waals surface area contributed by atoms with Crippen molar-refractivity contribution in [2.24, 2.45) is 0 Å². The molecule has 2 amide bonds. The number of amides is 2. The molecule has 33 heavy (non-hydrogen) atoms. The molecule has 2 N–H and O–H groups in total. The molecule has 0 spiro atoms. The van der Waals surface area contributed by atoms with Crippen molar-refractivity contribution in [3.63, 3.8) is 0 Å². The van der Waals surface area contributed by atoms with Crippen molar-refractivity contribution in [1.29, 1.82) is 0 Å². The molecule has 3 aromatic carbocycles. The summed E-state index contributed by atoms with van der Waals surface area (Å²) in [6, 6.07) is 17.1. The smallest absolute Gasteiger partial charge is 0.417 e. The van der Waals surface area contributed by atoms with Crippen LogP contribution in [0.2, 0.25) is 0 Å². The first-order chi connectivity index (χ1) is 15.6. The van der Waals surface area contributed by atoms with Gasteiger partial charge >= 0.3 is 12.1 Å². The van der Waals surface area contributed by atoms with E-state index in [9.17, 15) is 27.6 Å². The molecule has 0 radical (unpaired) electrons. The summed E-state index contributed by atoms with van der Waals surface area (Å²) >= 11 is 0. The molecule has 6 nitrogen and oxygen atoms in total. The number of anilines is 1. The van der Waals surface area contributed by atoms with Crippen molar-refractivity contribution in [3.05, 3.63) is 95.1 Å². The first kappa shape index (κ1) is 23.5. The van der Waals surface area contributed by atoms with Crippen molar-refractivity contribution in [2.75, 3.05) is 5.32 Å². The molecule has 3 rings (SSSR count). The third-order valence-electron chi connectivity index (χ3n) is 4.54. The monoisotopic (exact) mass is 456 g/mol. The maximum absolute atomic E-state index is 13.2. The predicted molar refractivity (Wildman–Crippen MR) is 115 cm³/mol. The fourth-order valence-corrected chi connectivity index (χ4v) is 3.06. The molecule has 3 aromatic rings. The molecule has 0 saturated carbocycles. The average Bonchev–Trinajstić information content (AvgIpc) is 2.77. The van der Waals surface area contributed by atoms with Crippen LogP contribution in [0.1, 0.15) is 38.8 Å². The Labute approximate surface area is 187 Å². The number of ether oxygens (including phenoxy) is 1. The Bertz CT molecular complexity index is 1190. The van der Waals surface area contributed by atoms with Gasteiger partial charge in [-0.15, -0.1) is 0 Å². The SMILES string of the molecule is CC(=O)Oc1cccc(C(=O)Nc2ccccc2CNC(=O)c2ccccc2C(F)(F)F)c1. The number of hydrogen-bond donors (Lipinski definition) is 2. The van der Waals surface area contributed by atoms with Gasteiger partial charge in [-0.05, 0) is 42.0 Å². The topological polar surface area (TPSA) is 84.5 Å². The van der Waals surface area contributed by atoms with Gasteiger partial charge in [0.15, 0.2) is 0 Å². The van der Waals surface area contributed by atoms with Gasteiger partial charge in [-0.2, -0.15) is 13.2 Å². The van der Waals surface area contributed by atoms with Gasteiger partial charge in [0.1, 0.15) is 5.75 Å². The molecule has 0 saturated heterocycles. The van der Waals surface area contributed by atoms with Crippen molar-refractivity contribution in [3.8, 4) is 5.75 Å². The Morgan fingerprint density at radius 1 is 0.879 bits per heavy atom. The molecular formula is C24H19F3N2O4. The van der Waals surface area contributed by atoms with Gasteiger partial charge in [0.05, 0.1) is 11.1 Å². The van der Waals surface area contributed by atoms with E-state index in [1.54, 1.807) is 30.3 Å². The van der Waals surface area contributed by atoms with Crippen LogP contribution in [-0.2, 0) is 17.5 Å². The van der Waals surface area contributed by atoms with E-state index in [2.05, 4.69) is 10.6 Å². The summed E-state index contributed by atoms with van der Waals surface area (Å²) in [6.07, 6.45) is -4.67. The standard InChI is InChI=1S/C24H19F3N2O4/c1-15(30)33-18-9-6-8-16(13-18)22(31)29-21-12-5-2-7-17(21)14-28-23(32)19-10-3-4-11-20(19)24(25,26)27/h2-13H,14H2,1H3,(H,28,32)(H,29,31). The second-order valence-corrected chi connectivity index (χ2v) is 6.96. The number of nitrogens with one attached hydrogen (secondary N) is 2. The molecule has 0 unspecified atom stereocenters. The van der Waals surface area contributed by atoms with Gasteiger partial charge in [-0.1, -0.05) is 36.4 Å². The maximum Gasteiger partial charge on any atom is 0.417 e. The number of hydrogen-bond acceptors (Lipinski definition) is 4. The van der Waals surface area contributed by atoms with E-state index >= 15 is 0 Å². The molecule has 0 aromatic heterocycles. The summed E-state index contributed by atoms with van der Waals surface area (Å²) in [4.78, 5) is 36.2. The van der Waals surface area contributed by atoms with Gasteiger partial charge in [-0.25, -0.2) is 0 Å². The van der Waals surface area contributed by atoms with E-state index in [1.807, 2.05) is 0 Å². The first-order valence-corrected chi connectivity index (χ1v) is 9.77. The zero-order valence-corrected chi connectivity index (χ0v) is 17.4. The van der Waals surface area contributed by atoms with Crippen molar-refractivity contribution >= 4 is 23.5 Å². The van der Waals surface area contributed by atoms with E-state index in [4.69, 9.17) is 4.74 Å². The number of benzene rings is 3. The van der Waals surface area contributed by atoms with E-state index in [0.717, 1.165) is 12.1 Å². The fraction of sp³-hybridized carbons (Fsp3) is 0.125. The maximum atomic E-state index is 13.2. The molecular weight excluding hydrogens is 437 g/mol. The molecule has 0 bridgehead atoms. The quantitative estimate of drug-likeness (QED) is 0.412. The molecule has 0 aliphatic carbocycles. The minimum Gasteiger partial charge on any atom is -0.427 e. The molecule has 9 heteroatoms. The van der Waals surface area contributed by atoms with Crippen molar-refractivity contribution in [2.45, 2.75) is 19.6 Å². The molecule has 0 atom stereocenters. The normalized spacial score (nSPS) is 10.9. The fourth-order valence-electron chi connectivity index (χ4n) is 3.06. The summed E-state index contributed by atoms with van der Waals surface area (Å²) < 4.78 is 44.5. The van der Waals surface area contributed by atoms with E-state index in [0.29, 0.717) is 11.3 Å². The summed E-state index contributed by atoms with van der Waals surface area (Å²) in [5, 5.41) is 5.16. The molecule has 0 heterocycles. The Morgan fingerprint density at radius 3 is 2.30 bits per heavy atom. The van der Waals surface area contributed by atoms with Crippen LogP contribution < -0.4 is 15.4 Å². The van der Waals surface area contributed by atoms with Gasteiger partial charge in [0.2, 0.25) is 0 Å². The highest BCUT2D eigenvalue weighted by Crippen LogP contribution is 2.31. The minimum absolute atomic E-state index is 0.116. The lowest BCUT2D eigenvalue weighted by atomic mass is 10.1. The van der Waals surface area contributed by atoms with Crippen LogP contribution in [0.25, 0.3) is 0 Å². The average molecular weight is 456 g/mol. The summed E-state index contributed by atoms with van der Waals surface area (Å²) in [7, 11) is 0. The lowest BCUT2D eigenvalue weighted by Gasteiger charge is -2.14. The number of carbonyl (C=O) groups is 3. The molecule has 0 aliphatic rings. The van der Waals surface area contributed by atoms with Crippen LogP contribution in [0.4, 0.5) is 18.9 Å². The van der Waals surface area contributed by atoms with E-state index < -0.39 is 35.1 Å². The van der Waals surface area contributed by atoms with E-state index in [-0.39, 0.29) is 17.9 Å². The molecule has 0 aliphatic heterocycles. The summed E-state index contributed by atoms with van der Waals surface area (Å²) in [5.41, 5.74) is -0.443. The minimum atomic E-state index is -4.67. The highest BCUT2D eigenvalue weighted by Gasteiger charge is 2.34. The highest BCUT2D eigenvalue weighted by atomic mass is 19.4. The van der Waals surface area contributed by atoms with E-state index in [1.165, 1.54) is 37.3 Å². The van der Waals surface area contributed by atoms with Crippen LogP contribution >= 0.6 is 0 Å². The zero-order valence-electron chi connectivity index (χ0n) is 17.4. The van der Waals surface area contributed by atoms with Crippen molar-refractivity contribution < 1.29 is 32.3 Å². The molecule has 0 fully saturated rings. The lowest BCUT2D eigenvalue weighted by molar-refractivity contribution is -0.138. The van der Waals surface area contributed by atoms with Crippen LogP contribution in [-0.4, -0.2) is 17.8 Å². The number of alkyl halides is 3. The first-order valence-electron chi connectivity index (χ1n) is 9.77. The third-order valence-corrected chi connectivity index (χ3v) is 4.54. The Balaban J connectivity index is 1.74. The largest absolute Gasteiger partial charge is 0.427 e. The van der Waals surface area contributed by atoms with Gasteiger partial charge in [-0.3, -0.25) is 14.4 Å². The number of esters is 1. The third kappa shape index (κ3) is 6.19. The Hall–Kier alpha value is -4.14. The number of carbonyl (C=O) groups excluding carboxylic acids is 3. The van der Waals surface area contributed by atoms with Gasteiger partial charge in [0, 0.05) is 24.7 Å². The van der Waals surface area contributed by atoms with Gasteiger partial charge < -0.3 is 15.4 Å². The van der Waals surface area contributed by atoms with Crippen LogP contribution in [0.15, 0.2) is 72.8 Å².